The number of imidazole rings is 1. The van der Waals surface area contributed by atoms with Gasteiger partial charge in [-0.05, 0) is 60.0 Å². The number of aryl methyl sites for hydroxylation is 1. The van der Waals surface area contributed by atoms with Crippen LogP contribution in [0.1, 0.15) is 59.7 Å². The molecule has 0 radical (unpaired) electrons. The van der Waals surface area contributed by atoms with E-state index in [1.807, 2.05) is 30.3 Å². The molecule has 5 aromatic carbocycles. The van der Waals surface area contributed by atoms with Crippen molar-refractivity contribution in [3.05, 3.63) is 186 Å². The maximum Gasteiger partial charge on any atom is 0.247 e. The quantitative estimate of drug-likeness (QED) is 0.0432. The third-order valence-corrected chi connectivity index (χ3v) is 12.5. The predicted molar refractivity (Wildman–Crippen MR) is 265 cm³/mol. The fraction of sp³-hybridized carbons (Fsp3) is 0.364. The molecule has 3 atom stereocenters. The zero-order chi connectivity index (χ0) is 45.9. The van der Waals surface area contributed by atoms with E-state index in [4.69, 9.17) is 19.4 Å². The Balaban J connectivity index is 0.933. The third-order valence-electron chi connectivity index (χ3n) is 12.5. The number of anilines is 1. The zero-order valence-electron chi connectivity index (χ0n) is 38.6. The molecule has 12 nitrogen and oxygen atoms in total. The maximum atomic E-state index is 10.5. The minimum atomic E-state index is -0.792. The van der Waals surface area contributed by atoms with Gasteiger partial charge < -0.3 is 25.0 Å². The summed E-state index contributed by atoms with van der Waals surface area (Å²) in [6, 6.07) is 53.3. The molecule has 2 aromatic heterocycles. The summed E-state index contributed by atoms with van der Waals surface area (Å²) in [5.41, 5.74) is 7.44. The van der Waals surface area contributed by atoms with Crippen molar-refractivity contribution in [1.82, 2.24) is 34.2 Å². The Labute approximate surface area is 395 Å². The molecule has 1 aliphatic rings. The molecule has 12 heteroatoms. The van der Waals surface area contributed by atoms with E-state index in [2.05, 4.69) is 146 Å². The number of nitrogens with zero attached hydrogens (tertiary/aromatic N) is 7. The summed E-state index contributed by atoms with van der Waals surface area (Å²) < 4.78 is 14.1. The van der Waals surface area contributed by atoms with Gasteiger partial charge in [-0.25, -0.2) is 4.98 Å². The Morgan fingerprint density at radius 3 is 1.61 bits per heavy atom. The highest BCUT2D eigenvalue weighted by Gasteiger charge is 2.35. The minimum Gasteiger partial charge on any atom is -0.471 e. The normalized spacial score (nSPS) is 16.1. The summed E-state index contributed by atoms with van der Waals surface area (Å²) in [6.07, 6.45) is 4.26. The van der Waals surface area contributed by atoms with Crippen LogP contribution in [0.25, 0.3) is 11.2 Å². The van der Waals surface area contributed by atoms with Crippen LogP contribution in [0.15, 0.2) is 158 Å². The number of fused-ring (bicyclic) bond motifs is 1. The maximum absolute atomic E-state index is 10.5. The van der Waals surface area contributed by atoms with Crippen LogP contribution >= 0.6 is 0 Å². The van der Waals surface area contributed by atoms with Gasteiger partial charge >= 0.3 is 0 Å². The number of aliphatic hydroxyl groups excluding tert-OH is 2. The molecule has 67 heavy (non-hydrogen) atoms. The van der Waals surface area contributed by atoms with Gasteiger partial charge in [0, 0.05) is 65.3 Å². The summed E-state index contributed by atoms with van der Waals surface area (Å²) in [5.74, 6) is 0.796. The van der Waals surface area contributed by atoms with E-state index in [1.54, 1.807) is 10.9 Å². The molecular weight excluding hydrogens is 837 g/mol. The van der Waals surface area contributed by atoms with Gasteiger partial charge in [0.1, 0.15) is 18.9 Å². The number of hydrogen-bond donors (Lipinski definition) is 3. The molecule has 3 heterocycles. The lowest BCUT2D eigenvalue weighted by Crippen LogP contribution is -2.40. The molecule has 350 valence electrons. The summed E-state index contributed by atoms with van der Waals surface area (Å²) in [6.45, 7) is 9.12. The molecule has 0 spiro atoms. The third kappa shape index (κ3) is 14.5. The van der Waals surface area contributed by atoms with Gasteiger partial charge in [0.25, 0.3) is 0 Å². The number of nitrogens with one attached hydrogen (secondary N) is 1. The number of benzene rings is 5. The van der Waals surface area contributed by atoms with E-state index in [0.717, 1.165) is 83.7 Å². The fourth-order valence-corrected chi connectivity index (χ4v) is 8.77. The first kappa shape index (κ1) is 47.5. The molecule has 1 saturated heterocycles. The van der Waals surface area contributed by atoms with Crippen molar-refractivity contribution < 1.29 is 19.7 Å². The average Bonchev–Trinajstić information content (AvgIpc) is 3.98. The van der Waals surface area contributed by atoms with Crippen LogP contribution in [-0.4, -0.2) is 109 Å². The lowest BCUT2D eigenvalue weighted by molar-refractivity contribution is -0.0432. The second-order valence-corrected chi connectivity index (χ2v) is 17.6. The monoisotopic (exact) mass is 903 g/mol. The first-order valence-corrected chi connectivity index (χ1v) is 24.0. The SMILES string of the molecule is OCC1OC(n2cnc3c(OCc4ccccc4)nc(NCCCN(CCN(CCN(CCCCc4ccccc4)Cc4ccccc4)Cc4ccccc4)Cc4ccccc4)nc32)CC1O. The first-order valence-electron chi connectivity index (χ1n) is 24.0. The molecule has 0 amide bonds. The van der Waals surface area contributed by atoms with Crippen molar-refractivity contribution >= 4 is 17.1 Å². The molecule has 8 rings (SSSR count). The Bertz CT molecular complexity index is 2460. The van der Waals surface area contributed by atoms with Crippen LogP contribution in [-0.2, 0) is 37.4 Å². The largest absolute Gasteiger partial charge is 0.471 e. The zero-order valence-corrected chi connectivity index (χ0v) is 38.6. The number of rotatable bonds is 27. The van der Waals surface area contributed by atoms with Gasteiger partial charge in [0.15, 0.2) is 11.2 Å². The Kier molecular flexibility index (Phi) is 17.9. The van der Waals surface area contributed by atoms with E-state index >= 15 is 0 Å². The van der Waals surface area contributed by atoms with Crippen LogP contribution in [0, 0.1) is 0 Å². The van der Waals surface area contributed by atoms with E-state index in [-0.39, 0.29) is 6.61 Å². The molecule has 1 fully saturated rings. The number of hydrogen-bond acceptors (Lipinski definition) is 11. The Morgan fingerprint density at radius 2 is 1.09 bits per heavy atom. The molecule has 0 saturated carbocycles. The Morgan fingerprint density at radius 1 is 0.597 bits per heavy atom. The van der Waals surface area contributed by atoms with Gasteiger partial charge in [-0.1, -0.05) is 152 Å². The second-order valence-electron chi connectivity index (χ2n) is 17.6. The van der Waals surface area contributed by atoms with Gasteiger partial charge in [0.05, 0.1) is 19.0 Å². The highest BCUT2D eigenvalue weighted by atomic mass is 16.5. The molecular formula is C55H66N8O4. The van der Waals surface area contributed by atoms with E-state index in [9.17, 15) is 10.2 Å². The standard InChI is InChI=1S/C55H66N8O4/c64-41-50-49(65)37-51(67-50)63-43-57-52-53(63)58-55(59-54(52)66-42-48-28-14-5-15-29-48)56-30-18-32-61(39-46-24-10-3-11-25-46)34-36-62(40-47-26-12-4-13-27-47)35-33-60(38-45-22-8-2-9-23-45)31-17-16-21-44-19-6-1-7-20-44/h1-15,19-20,22-29,43,49-51,64-65H,16-18,21,30-42H2,(H,56,58,59). The lowest BCUT2D eigenvalue weighted by atomic mass is 10.1. The second kappa shape index (κ2) is 25.2. The number of ether oxygens (including phenoxy) is 2. The lowest BCUT2D eigenvalue weighted by Gasteiger charge is -2.30. The van der Waals surface area contributed by atoms with Crippen molar-refractivity contribution in [2.75, 3.05) is 57.7 Å². The van der Waals surface area contributed by atoms with Crippen molar-refractivity contribution in [3.63, 3.8) is 0 Å². The molecule has 0 aliphatic carbocycles. The van der Waals surface area contributed by atoms with Gasteiger partial charge in [-0.3, -0.25) is 19.3 Å². The minimum absolute atomic E-state index is 0.271. The smallest absolute Gasteiger partial charge is 0.247 e. The molecule has 1 aliphatic heterocycles. The van der Waals surface area contributed by atoms with Crippen molar-refractivity contribution in [2.45, 2.75) is 76.8 Å². The summed E-state index contributed by atoms with van der Waals surface area (Å²) in [5, 5.41) is 23.8. The van der Waals surface area contributed by atoms with Crippen molar-refractivity contribution in [3.8, 4) is 5.88 Å². The van der Waals surface area contributed by atoms with Gasteiger partial charge in [0.2, 0.25) is 11.8 Å². The fourth-order valence-electron chi connectivity index (χ4n) is 8.77. The first-order chi connectivity index (χ1) is 33.1. The molecule has 3 N–H and O–H groups in total. The predicted octanol–water partition coefficient (Wildman–Crippen LogP) is 8.38. The summed E-state index contributed by atoms with van der Waals surface area (Å²) in [4.78, 5) is 22.2. The van der Waals surface area contributed by atoms with E-state index in [1.165, 1.54) is 28.7 Å². The van der Waals surface area contributed by atoms with E-state index in [0.29, 0.717) is 42.6 Å². The van der Waals surface area contributed by atoms with Crippen LogP contribution in [0.3, 0.4) is 0 Å². The van der Waals surface area contributed by atoms with Crippen LogP contribution in [0.2, 0.25) is 0 Å². The Hall–Kier alpha value is -5.99. The summed E-state index contributed by atoms with van der Waals surface area (Å²) in [7, 11) is 0. The number of aromatic nitrogens is 4. The van der Waals surface area contributed by atoms with Crippen LogP contribution in [0.4, 0.5) is 5.95 Å². The highest BCUT2D eigenvalue weighted by molar-refractivity contribution is 5.78. The number of aliphatic hydroxyl groups is 2. The molecule has 7 aromatic rings. The van der Waals surface area contributed by atoms with Crippen molar-refractivity contribution in [2.24, 2.45) is 0 Å². The molecule has 0 bridgehead atoms. The van der Waals surface area contributed by atoms with Gasteiger partial charge in [-0.15, -0.1) is 0 Å². The van der Waals surface area contributed by atoms with Crippen molar-refractivity contribution in [1.29, 1.82) is 0 Å². The topological polar surface area (TPSA) is 124 Å². The van der Waals surface area contributed by atoms with Crippen LogP contribution < -0.4 is 10.1 Å². The summed E-state index contributed by atoms with van der Waals surface area (Å²) >= 11 is 0. The molecule has 3 unspecified atom stereocenters. The average molecular weight is 903 g/mol. The van der Waals surface area contributed by atoms with Gasteiger partial charge in [-0.2, -0.15) is 9.97 Å². The van der Waals surface area contributed by atoms with Crippen LogP contribution in [0.5, 0.6) is 5.88 Å². The number of unbranched alkanes of at least 4 members (excludes halogenated alkanes) is 1. The highest BCUT2D eigenvalue weighted by Crippen LogP contribution is 2.33. The van der Waals surface area contributed by atoms with E-state index < -0.39 is 18.4 Å².